The van der Waals surface area contributed by atoms with E-state index in [0.29, 0.717) is 0 Å². The van der Waals surface area contributed by atoms with Gasteiger partial charge in [-0.25, -0.2) is 0 Å². The summed E-state index contributed by atoms with van der Waals surface area (Å²) in [7, 11) is 0. The van der Waals surface area contributed by atoms with Crippen molar-refractivity contribution in [3.63, 3.8) is 0 Å². The first-order valence-electron chi connectivity index (χ1n) is 1.99. The summed E-state index contributed by atoms with van der Waals surface area (Å²) in [5.41, 5.74) is 5.12. The van der Waals surface area contributed by atoms with Gasteiger partial charge in [0.15, 0.2) is 5.78 Å². The van der Waals surface area contributed by atoms with E-state index in [1.165, 1.54) is 6.92 Å². The molecule has 8 heavy (non-hydrogen) atoms. The maximum absolute atomic E-state index is 10.2. The third kappa shape index (κ3) is 2.61. The van der Waals surface area contributed by atoms with E-state index in [1.54, 1.807) is 5.40 Å². The Morgan fingerprint density at radius 1 is 2.00 bits per heavy atom. The van der Waals surface area contributed by atoms with Gasteiger partial charge in [-0.15, -0.1) is 0 Å². The molecule has 0 aliphatic carbocycles. The van der Waals surface area contributed by atoms with Crippen molar-refractivity contribution in [1.29, 1.82) is 5.26 Å². The fourth-order valence-electron chi connectivity index (χ4n) is 0.140. The molecule has 0 bridgehead atoms. The lowest BCUT2D eigenvalue weighted by molar-refractivity contribution is -0.116. The van der Waals surface area contributed by atoms with Crippen LogP contribution in [0.1, 0.15) is 6.92 Å². The van der Waals surface area contributed by atoms with Crippen LogP contribution >= 0.6 is 11.8 Å². The number of nitriles is 1. The molecule has 4 heteroatoms. The molecule has 0 fully saturated rings. The molecule has 0 rings (SSSR count). The van der Waals surface area contributed by atoms with E-state index < -0.39 is 5.37 Å². The lowest BCUT2D eigenvalue weighted by Gasteiger charge is -1.96. The fourth-order valence-corrected chi connectivity index (χ4v) is 0.419. The second-order valence-electron chi connectivity index (χ2n) is 1.24. The average Bonchev–Trinajstić information content (AvgIpc) is 1.67. The van der Waals surface area contributed by atoms with Gasteiger partial charge in [0, 0.05) is 0 Å². The average molecular weight is 130 g/mol. The Balaban J connectivity index is 3.52. The predicted molar refractivity (Wildman–Crippen MR) is 31.9 cm³/mol. The fraction of sp³-hybridized carbons (Fsp3) is 0.500. The van der Waals surface area contributed by atoms with Crippen molar-refractivity contribution in [1.82, 2.24) is 0 Å². The standard InChI is InChI=1S/C4H6N2OS/c1-3(7)4(6)8-2-5/h4H,6H2,1H3. The molecule has 0 heterocycles. The van der Waals surface area contributed by atoms with Gasteiger partial charge in [-0.1, -0.05) is 0 Å². The molecule has 0 aliphatic rings. The van der Waals surface area contributed by atoms with E-state index in [1.807, 2.05) is 0 Å². The number of ketones is 1. The number of hydrogen-bond acceptors (Lipinski definition) is 4. The molecule has 1 unspecified atom stereocenters. The Bertz CT molecular complexity index is 128. The molecule has 44 valence electrons. The van der Waals surface area contributed by atoms with Crippen LogP contribution in [0.3, 0.4) is 0 Å². The molecule has 0 amide bonds. The summed E-state index contributed by atoms with van der Waals surface area (Å²) in [5.74, 6) is -0.170. The second-order valence-corrected chi connectivity index (χ2v) is 2.17. The zero-order chi connectivity index (χ0) is 6.57. The Morgan fingerprint density at radius 3 is 2.62 bits per heavy atom. The summed E-state index contributed by atoms with van der Waals surface area (Å²) in [5, 5.41) is 9.02. The quantitative estimate of drug-likeness (QED) is 0.424. The van der Waals surface area contributed by atoms with Gasteiger partial charge in [-0.3, -0.25) is 4.79 Å². The van der Waals surface area contributed by atoms with Gasteiger partial charge in [0.05, 0.1) is 0 Å². The van der Waals surface area contributed by atoms with Gasteiger partial charge >= 0.3 is 0 Å². The van der Waals surface area contributed by atoms with E-state index in [-0.39, 0.29) is 5.78 Å². The van der Waals surface area contributed by atoms with Crippen LogP contribution in [-0.4, -0.2) is 11.2 Å². The van der Waals surface area contributed by atoms with Gasteiger partial charge in [0.2, 0.25) is 0 Å². The number of carbonyl (C=O) groups excluding carboxylic acids is 1. The van der Waals surface area contributed by atoms with E-state index >= 15 is 0 Å². The van der Waals surface area contributed by atoms with Crippen LogP contribution in [0, 0.1) is 10.7 Å². The van der Waals surface area contributed by atoms with Gasteiger partial charge < -0.3 is 5.73 Å². The highest BCUT2D eigenvalue weighted by Gasteiger charge is 2.05. The Labute approximate surface area is 51.9 Å². The van der Waals surface area contributed by atoms with Crippen molar-refractivity contribution in [2.45, 2.75) is 12.3 Å². The number of rotatable bonds is 2. The summed E-state index contributed by atoms with van der Waals surface area (Å²) >= 11 is 0.773. The molecule has 0 spiro atoms. The van der Waals surface area contributed by atoms with Crippen molar-refractivity contribution in [3.05, 3.63) is 0 Å². The molecular weight excluding hydrogens is 124 g/mol. The van der Waals surface area contributed by atoms with E-state index in [4.69, 9.17) is 11.0 Å². The van der Waals surface area contributed by atoms with Crippen LogP contribution in [0.4, 0.5) is 0 Å². The van der Waals surface area contributed by atoms with Crippen LogP contribution in [-0.2, 0) is 4.79 Å². The molecule has 2 N–H and O–H groups in total. The first-order chi connectivity index (χ1) is 3.68. The predicted octanol–water partition coefficient (Wildman–Crippen LogP) is 0.0745. The molecule has 0 aromatic heterocycles. The summed E-state index contributed by atoms with van der Waals surface area (Å²) in [6.07, 6.45) is 0. The molecule has 0 saturated heterocycles. The Morgan fingerprint density at radius 2 is 2.50 bits per heavy atom. The third-order valence-electron chi connectivity index (χ3n) is 0.580. The van der Waals surface area contributed by atoms with Crippen molar-refractivity contribution < 1.29 is 4.79 Å². The van der Waals surface area contributed by atoms with Crippen molar-refractivity contribution in [3.8, 4) is 5.40 Å². The largest absolute Gasteiger partial charge is 0.312 e. The van der Waals surface area contributed by atoms with Crippen molar-refractivity contribution >= 4 is 17.5 Å². The summed E-state index contributed by atoms with van der Waals surface area (Å²) in [6.45, 7) is 1.36. The van der Waals surface area contributed by atoms with Crippen LogP contribution in [0.5, 0.6) is 0 Å². The van der Waals surface area contributed by atoms with Gasteiger partial charge in [-0.05, 0) is 18.7 Å². The maximum Gasteiger partial charge on any atom is 0.157 e. The molecule has 0 aliphatic heterocycles. The van der Waals surface area contributed by atoms with Crippen LogP contribution < -0.4 is 5.73 Å². The van der Waals surface area contributed by atoms with Crippen LogP contribution in [0.25, 0.3) is 0 Å². The number of thioether (sulfide) groups is 1. The lowest BCUT2D eigenvalue weighted by Crippen LogP contribution is -2.23. The van der Waals surface area contributed by atoms with Crippen molar-refractivity contribution in [2.24, 2.45) is 5.73 Å². The number of Topliss-reactive ketones (excluding diaryl/α,β-unsaturated/α-hetero) is 1. The molecule has 0 aromatic carbocycles. The second kappa shape index (κ2) is 3.47. The Kier molecular flexibility index (Phi) is 3.24. The van der Waals surface area contributed by atoms with Crippen LogP contribution in [0.2, 0.25) is 0 Å². The van der Waals surface area contributed by atoms with E-state index in [0.717, 1.165) is 11.8 Å². The van der Waals surface area contributed by atoms with E-state index in [9.17, 15) is 4.79 Å². The number of carbonyl (C=O) groups is 1. The highest BCUT2D eigenvalue weighted by molar-refractivity contribution is 8.04. The number of nitrogens with two attached hydrogens (primary N) is 1. The molecule has 0 aromatic rings. The smallest absolute Gasteiger partial charge is 0.157 e. The zero-order valence-corrected chi connectivity index (χ0v) is 5.23. The van der Waals surface area contributed by atoms with Gasteiger partial charge in [-0.2, -0.15) is 5.26 Å². The normalized spacial score (nSPS) is 12.1. The van der Waals surface area contributed by atoms with Gasteiger partial charge in [0.25, 0.3) is 0 Å². The number of thiocyanates is 1. The zero-order valence-electron chi connectivity index (χ0n) is 4.42. The molecule has 0 saturated carbocycles. The summed E-state index contributed by atoms with van der Waals surface area (Å²) < 4.78 is 0. The molecule has 1 atom stereocenters. The Hall–Kier alpha value is -0.530. The summed E-state index contributed by atoms with van der Waals surface area (Å²) in [4.78, 5) is 10.2. The molecule has 0 radical (unpaired) electrons. The topological polar surface area (TPSA) is 66.9 Å². The molecule has 3 nitrogen and oxygen atoms in total. The maximum atomic E-state index is 10.2. The highest BCUT2D eigenvalue weighted by atomic mass is 32.2. The molecular formula is C4H6N2OS. The van der Waals surface area contributed by atoms with Crippen LogP contribution in [0.15, 0.2) is 0 Å². The van der Waals surface area contributed by atoms with E-state index in [2.05, 4.69) is 0 Å². The minimum absolute atomic E-state index is 0.170. The summed E-state index contributed by atoms with van der Waals surface area (Å²) in [6, 6.07) is 0. The number of nitrogens with zero attached hydrogens (tertiary/aromatic N) is 1. The monoisotopic (exact) mass is 130 g/mol. The first kappa shape index (κ1) is 7.47. The first-order valence-corrected chi connectivity index (χ1v) is 2.87. The van der Waals surface area contributed by atoms with Gasteiger partial charge in [0.1, 0.15) is 10.8 Å². The SMILES string of the molecule is CC(=O)C(N)SC#N. The number of hydrogen-bond donors (Lipinski definition) is 1. The third-order valence-corrected chi connectivity index (χ3v) is 1.27. The highest BCUT2D eigenvalue weighted by Crippen LogP contribution is 2.01. The van der Waals surface area contributed by atoms with Crippen molar-refractivity contribution in [2.75, 3.05) is 0 Å². The minimum atomic E-state index is -0.667. The minimum Gasteiger partial charge on any atom is -0.312 e. The lowest BCUT2D eigenvalue weighted by atomic mass is 10.5.